The zero-order valence-electron chi connectivity index (χ0n) is 31.0. The molecule has 7 heterocycles. The third-order valence-electron chi connectivity index (χ3n) is 11.4. The summed E-state index contributed by atoms with van der Waals surface area (Å²) in [5.41, 5.74) is 9.87. The van der Waals surface area contributed by atoms with Crippen molar-refractivity contribution in [2.24, 2.45) is 5.92 Å². The first-order chi connectivity index (χ1) is 26.8. The van der Waals surface area contributed by atoms with E-state index >= 15 is 0 Å². The van der Waals surface area contributed by atoms with Crippen molar-refractivity contribution in [3.63, 3.8) is 0 Å². The average Bonchev–Trinajstić information content (AvgIpc) is 3.63. The molecule has 4 aromatic rings. The number of amides is 4. The van der Waals surface area contributed by atoms with Crippen LogP contribution in [0.15, 0.2) is 48.9 Å². The van der Waals surface area contributed by atoms with Gasteiger partial charge in [0.25, 0.3) is 11.8 Å². The van der Waals surface area contributed by atoms with E-state index < -0.39 is 17.9 Å². The summed E-state index contributed by atoms with van der Waals surface area (Å²) in [6.07, 6.45) is 13.5. The number of nitrogen functional groups attached to an aromatic ring is 1. The molecule has 0 bridgehead atoms. The van der Waals surface area contributed by atoms with Gasteiger partial charge in [-0.05, 0) is 87.6 Å². The van der Waals surface area contributed by atoms with Crippen molar-refractivity contribution >= 4 is 57.5 Å². The Morgan fingerprint density at radius 2 is 1.65 bits per heavy atom. The lowest BCUT2D eigenvalue weighted by molar-refractivity contribution is -0.134. The highest BCUT2D eigenvalue weighted by molar-refractivity contribution is 6.06. The van der Waals surface area contributed by atoms with E-state index in [-0.39, 0.29) is 42.0 Å². The molecule has 16 nitrogen and oxygen atoms in total. The van der Waals surface area contributed by atoms with Crippen LogP contribution >= 0.6 is 0 Å². The normalized spacial score (nSPS) is 20.4. The number of benzene rings is 1. The maximum atomic E-state index is 13.2. The second-order valence-corrected chi connectivity index (χ2v) is 15.2. The number of nitrogens with two attached hydrogens (primary N) is 1. The van der Waals surface area contributed by atoms with Crippen LogP contribution in [0.25, 0.3) is 10.9 Å². The molecule has 16 heteroatoms. The molecule has 288 valence electrons. The first-order valence-electron chi connectivity index (χ1n) is 19.5. The SMILES string of the molecule is Nc1nccc(C(=O)Nc2cc3cn(C4CCN(CC5CCN(c6ccc(C(=O)N[C@H]7CCC(=O)NC7=O)nc6)CC5)CC4)nc3cc2N2CCCCC2)n1. The Labute approximate surface area is 319 Å². The van der Waals surface area contributed by atoms with Gasteiger partial charge in [0.2, 0.25) is 17.8 Å². The highest BCUT2D eigenvalue weighted by Gasteiger charge is 2.30. The second kappa shape index (κ2) is 16.0. The van der Waals surface area contributed by atoms with E-state index in [2.05, 4.69) is 62.5 Å². The van der Waals surface area contributed by atoms with E-state index in [4.69, 9.17) is 10.8 Å². The van der Waals surface area contributed by atoms with E-state index in [0.29, 0.717) is 12.0 Å². The van der Waals surface area contributed by atoms with Crippen LogP contribution in [0.5, 0.6) is 0 Å². The Balaban J connectivity index is 0.837. The number of aromatic nitrogens is 5. The maximum absolute atomic E-state index is 13.2. The van der Waals surface area contributed by atoms with E-state index in [1.807, 2.05) is 12.1 Å². The van der Waals surface area contributed by atoms with Crippen molar-refractivity contribution in [3.8, 4) is 0 Å². The smallest absolute Gasteiger partial charge is 0.274 e. The van der Waals surface area contributed by atoms with Crippen LogP contribution in [-0.2, 0) is 9.59 Å². The van der Waals surface area contributed by atoms with Crippen molar-refractivity contribution in [2.45, 2.75) is 69.9 Å². The number of anilines is 4. The van der Waals surface area contributed by atoms with Gasteiger partial charge in [0.05, 0.1) is 34.8 Å². The summed E-state index contributed by atoms with van der Waals surface area (Å²) in [4.78, 5) is 69.0. The Bertz CT molecular complexity index is 2050. The number of hydrogen-bond donors (Lipinski definition) is 4. The fourth-order valence-electron chi connectivity index (χ4n) is 8.33. The Kier molecular flexibility index (Phi) is 10.6. The highest BCUT2D eigenvalue weighted by atomic mass is 16.2. The van der Waals surface area contributed by atoms with Crippen LogP contribution in [0.1, 0.15) is 84.8 Å². The number of nitrogens with one attached hydrogen (secondary N) is 3. The Hall–Kier alpha value is -5.64. The quantitative estimate of drug-likeness (QED) is 0.183. The molecule has 3 aromatic heterocycles. The molecule has 5 N–H and O–H groups in total. The topological polar surface area (TPSA) is 197 Å². The first-order valence-corrected chi connectivity index (χ1v) is 19.5. The average molecular weight is 749 g/mol. The number of likely N-dealkylation sites (tertiary alicyclic amines) is 1. The monoisotopic (exact) mass is 748 g/mol. The minimum absolute atomic E-state index is 0.0639. The van der Waals surface area contributed by atoms with Crippen LogP contribution < -0.4 is 31.5 Å². The number of piperidine rings is 4. The summed E-state index contributed by atoms with van der Waals surface area (Å²) in [6.45, 7) is 6.87. The number of rotatable bonds is 9. The molecule has 0 unspecified atom stereocenters. The number of nitrogens with zero attached hydrogens (tertiary/aromatic N) is 8. The molecule has 55 heavy (non-hydrogen) atoms. The van der Waals surface area contributed by atoms with Crippen molar-refractivity contribution < 1.29 is 19.2 Å². The van der Waals surface area contributed by atoms with Crippen molar-refractivity contribution in [3.05, 3.63) is 60.3 Å². The molecule has 4 fully saturated rings. The van der Waals surface area contributed by atoms with Gasteiger partial charge in [-0.25, -0.2) is 15.0 Å². The molecular formula is C39H48N12O4. The molecule has 0 radical (unpaired) electrons. The van der Waals surface area contributed by atoms with Crippen molar-refractivity contribution in [1.29, 1.82) is 0 Å². The summed E-state index contributed by atoms with van der Waals surface area (Å²) < 4.78 is 2.13. The molecule has 4 aliphatic rings. The van der Waals surface area contributed by atoms with Crippen LogP contribution in [0.2, 0.25) is 0 Å². The largest absolute Gasteiger partial charge is 0.370 e. The Morgan fingerprint density at radius 3 is 2.38 bits per heavy atom. The molecule has 8 rings (SSSR count). The van der Waals surface area contributed by atoms with Gasteiger partial charge in [0, 0.05) is 70.0 Å². The minimum atomic E-state index is -0.728. The van der Waals surface area contributed by atoms with Gasteiger partial charge in [0.1, 0.15) is 17.4 Å². The van der Waals surface area contributed by atoms with Crippen LogP contribution in [0.4, 0.5) is 23.0 Å². The lowest BCUT2D eigenvalue weighted by Gasteiger charge is -2.38. The van der Waals surface area contributed by atoms with Gasteiger partial charge in [-0.1, -0.05) is 0 Å². The van der Waals surface area contributed by atoms with Crippen LogP contribution in [0, 0.1) is 5.92 Å². The zero-order chi connectivity index (χ0) is 37.9. The molecule has 1 atom stereocenters. The number of carbonyl (C=O) groups is 4. The van der Waals surface area contributed by atoms with Gasteiger partial charge < -0.3 is 31.1 Å². The Morgan fingerprint density at radius 1 is 0.855 bits per heavy atom. The molecule has 4 aliphatic heterocycles. The number of carbonyl (C=O) groups excluding carboxylic acids is 4. The third kappa shape index (κ3) is 8.38. The van der Waals surface area contributed by atoms with E-state index in [1.165, 1.54) is 12.6 Å². The molecule has 0 saturated carbocycles. The third-order valence-corrected chi connectivity index (χ3v) is 11.4. The predicted octanol–water partition coefficient (Wildman–Crippen LogP) is 3.13. The van der Waals surface area contributed by atoms with Gasteiger partial charge in [-0.2, -0.15) is 5.10 Å². The number of hydrogen-bond acceptors (Lipinski definition) is 12. The molecule has 4 amide bonds. The van der Waals surface area contributed by atoms with E-state index in [0.717, 1.165) is 112 Å². The summed E-state index contributed by atoms with van der Waals surface area (Å²) in [7, 11) is 0. The first kappa shape index (κ1) is 36.3. The standard InChI is InChI=1S/C39H48N12O4/c40-39-41-13-8-31(45-39)37(54)44-33-20-26-24-51(47-32(26)21-34(33)50-14-2-1-3-15-50)27-11-16-48(17-12-27)23-25-9-18-49(19-10-25)28-4-5-29(42-22-28)36(53)43-30-6-7-35(52)46-38(30)55/h4-5,8,13,20-22,24-25,27,30H,1-3,6-7,9-12,14-19,23H2,(H,43,53)(H,44,54)(H2,40,41,45)(H,46,52,55)/t30-/m0/s1. The number of fused-ring (bicyclic) bond motifs is 1. The molecular weight excluding hydrogens is 701 g/mol. The number of pyridine rings is 1. The molecule has 4 saturated heterocycles. The zero-order valence-corrected chi connectivity index (χ0v) is 31.0. The van der Waals surface area contributed by atoms with Gasteiger partial charge >= 0.3 is 0 Å². The fourth-order valence-corrected chi connectivity index (χ4v) is 8.33. The predicted molar refractivity (Wildman–Crippen MR) is 208 cm³/mol. The molecule has 0 spiro atoms. The lowest BCUT2D eigenvalue weighted by atomic mass is 9.94. The number of imide groups is 1. The van der Waals surface area contributed by atoms with Crippen molar-refractivity contribution in [1.82, 2.24) is 40.3 Å². The molecule has 0 aliphatic carbocycles. The van der Waals surface area contributed by atoms with Crippen LogP contribution in [-0.4, -0.2) is 105 Å². The summed E-state index contributed by atoms with van der Waals surface area (Å²) >= 11 is 0. The van der Waals surface area contributed by atoms with Gasteiger partial charge in [-0.3, -0.25) is 29.2 Å². The second-order valence-electron chi connectivity index (χ2n) is 15.2. The molecule has 1 aromatic carbocycles. The van der Waals surface area contributed by atoms with Gasteiger partial charge in [0.15, 0.2) is 0 Å². The summed E-state index contributed by atoms with van der Waals surface area (Å²) in [5, 5.41) is 14.1. The minimum Gasteiger partial charge on any atom is -0.370 e. The lowest BCUT2D eigenvalue weighted by Crippen LogP contribution is -2.52. The summed E-state index contributed by atoms with van der Waals surface area (Å²) in [6, 6.07) is 8.92. The maximum Gasteiger partial charge on any atom is 0.274 e. The van der Waals surface area contributed by atoms with E-state index in [1.54, 1.807) is 18.3 Å². The summed E-state index contributed by atoms with van der Waals surface area (Å²) in [5.74, 6) is -0.859. The van der Waals surface area contributed by atoms with Gasteiger partial charge in [-0.15, -0.1) is 0 Å². The van der Waals surface area contributed by atoms with Crippen molar-refractivity contribution in [2.75, 3.05) is 66.7 Å². The fraction of sp³-hybridized carbons (Fsp3) is 0.487. The highest BCUT2D eigenvalue weighted by Crippen LogP contribution is 2.35. The van der Waals surface area contributed by atoms with Crippen LogP contribution in [0.3, 0.4) is 0 Å². The van der Waals surface area contributed by atoms with E-state index in [9.17, 15) is 19.2 Å².